The number of aromatic nitrogens is 4. The van der Waals surface area contributed by atoms with E-state index >= 15 is 0 Å². The highest BCUT2D eigenvalue weighted by Gasteiger charge is 2.44. The van der Waals surface area contributed by atoms with E-state index in [1.165, 1.54) is 4.68 Å². The number of nitrogens with zero attached hydrogens (tertiary/aromatic N) is 4. The van der Waals surface area contributed by atoms with Crippen molar-refractivity contribution in [3.63, 3.8) is 0 Å². The van der Waals surface area contributed by atoms with E-state index in [1.807, 2.05) is 48.5 Å². The maximum absolute atomic E-state index is 11.0. The third-order valence-corrected chi connectivity index (χ3v) is 6.15. The smallest absolute Gasteiger partial charge is 0.184 e. The van der Waals surface area contributed by atoms with Gasteiger partial charge in [0.25, 0.3) is 0 Å². The molecule has 4 aromatic rings. The number of ether oxygens (including phenoxy) is 2. The minimum Gasteiger partial charge on any atom is -0.394 e. The standard InChI is InChI=1S/C24H26N4O8/c29-10-16-20(32)21(33)22(24(34)36-16)35-11-15(30)19(31)17-18-23(26-14-9-5-4-8-13(14)25-18)28(27-17)12-6-2-1-3-7-12/h1-9,15-16,19-22,24,29-34H,10-11H2/t15?,16-,19?,20-,21+,22-,24+/m1/s1. The molecule has 1 fully saturated rings. The lowest BCUT2D eigenvalue weighted by atomic mass is 9.99. The van der Waals surface area contributed by atoms with Crippen molar-refractivity contribution in [3.05, 3.63) is 60.3 Å². The molecule has 1 saturated heterocycles. The van der Waals surface area contributed by atoms with Crippen LogP contribution in [0.15, 0.2) is 54.6 Å². The van der Waals surface area contributed by atoms with Gasteiger partial charge < -0.3 is 40.1 Å². The first-order valence-electron chi connectivity index (χ1n) is 11.4. The number of rotatable bonds is 7. The summed E-state index contributed by atoms with van der Waals surface area (Å²) in [7, 11) is 0. The van der Waals surface area contributed by atoms with Gasteiger partial charge in [-0.2, -0.15) is 5.10 Å². The van der Waals surface area contributed by atoms with Gasteiger partial charge in [-0.05, 0) is 24.3 Å². The van der Waals surface area contributed by atoms with Crippen LogP contribution in [0.2, 0.25) is 0 Å². The minimum atomic E-state index is -1.67. The maximum Gasteiger partial charge on any atom is 0.184 e. The third kappa shape index (κ3) is 4.45. The Labute approximate surface area is 204 Å². The molecular weight excluding hydrogens is 472 g/mol. The quantitative estimate of drug-likeness (QED) is 0.187. The van der Waals surface area contributed by atoms with Crippen LogP contribution in [0, 0.1) is 0 Å². The van der Waals surface area contributed by atoms with E-state index in [0.717, 1.165) is 0 Å². The van der Waals surface area contributed by atoms with Gasteiger partial charge in [-0.1, -0.05) is 30.3 Å². The van der Waals surface area contributed by atoms with Gasteiger partial charge in [0.05, 0.1) is 29.9 Å². The highest BCUT2D eigenvalue weighted by Crippen LogP contribution is 2.29. The summed E-state index contributed by atoms with van der Waals surface area (Å²) >= 11 is 0. The number of aliphatic hydroxyl groups excluding tert-OH is 6. The molecule has 5 rings (SSSR count). The van der Waals surface area contributed by atoms with Crippen LogP contribution in [-0.4, -0.2) is 100 Å². The molecule has 12 nitrogen and oxygen atoms in total. The second-order valence-electron chi connectivity index (χ2n) is 8.56. The van der Waals surface area contributed by atoms with Gasteiger partial charge in [0.1, 0.15) is 47.8 Å². The molecule has 0 aliphatic carbocycles. The Balaban J connectivity index is 1.44. The predicted molar refractivity (Wildman–Crippen MR) is 125 cm³/mol. The fourth-order valence-corrected chi connectivity index (χ4v) is 4.20. The van der Waals surface area contributed by atoms with E-state index < -0.39 is 56.1 Å². The average Bonchev–Trinajstić information content (AvgIpc) is 3.27. The molecule has 12 heteroatoms. The van der Waals surface area contributed by atoms with E-state index in [-0.39, 0.29) is 11.2 Å². The largest absolute Gasteiger partial charge is 0.394 e. The molecule has 6 N–H and O–H groups in total. The van der Waals surface area contributed by atoms with Gasteiger partial charge in [0.15, 0.2) is 11.9 Å². The van der Waals surface area contributed by atoms with Crippen molar-refractivity contribution >= 4 is 22.2 Å². The van der Waals surface area contributed by atoms with Crippen LogP contribution in [0.1, 0.15) is 11.8 Å². The first-order valence-corrected chi connectivity index (χ1v) is 11.4. The minimum absolute atomic E-state index is 0.0598. The van der Waals surface area contributed by atoms with Crippen molar-refractivity contribution in [2.24, 2.45) is 0 Å². The lowest BCUT2D eigenvalue weighted by Crippen LogP contribution is -2.59. The molecule has 0 spiro atoms. The van der Waals surface area contributed by atoms with Crippen LogP contribution < -0.4 is 0 Å². The number of para-hydroxylation sites is 3. The molecule has 0 amide bonds. The molecule has 3 heterocycles. The van der Waals surface area contributed by atoms with Crippen LogP contribution in [0.5, 0.6) is 0 Å². The van der Waals surface area contributed by atoms with E-state index in [4.69, 9.17) is 9.47 Å². The molecule has 2 aromatic carbocycles. The van der Waals surface area contributed by atoms with Crippen molar-refractivity contribution in [2.45, 2.75) is 42.9 Å². The Morgan fingerprint density at radius 1 is 0.917 bits per heavy atom. The second kappa shape index (κ2) is 10.1. The molecule has 2 unspecified atom stereocenters. The van der Waals surface area contributed by atoms with Crippen LogP contribution >= 0.6 is 0 Å². The molecule has 7 atom stereocenters. The van der Waals surface area contributed by atoms with Crippen molar-refractivity contribution in [1.82, 2.24) is 19.7 Å². The van der Waals surface area contributed by atoms with E-state index in [1.54, 1.807) is 6.07 Å². The Hall–Kier alpha value is -3.07. The fourth-order valence-electron chi connectivity index (χ4n) is 4.20. The molecular formula is C24H26N4O8. The number of benzene rings is 2. The van der Waals surface area contributed by atoms with Gasteiger partial charge in [-0.25, -0.2) is 14.6 Å². The lowest BCUT2D eigenvalue weighted by molar-refractivity contribution is -0.299. The summed E-state index contributed by atoms with van der Waals surface area (Å²) < 4.78 is 12.0. The van der Waals surface area contributed by atoms with Crippen molar-refractivity contribution in [1.29, 1.82) is 0 Å². The summed E-state index contributed by atoms with van der Waals surface area (Å²) in [6.45, 7) is -1.16. The average molecular weight is 498 g/mol. The molecule has 0 radical (unpaired) electrons. The van der Waals surface area contributed by atoms with Crippen LogP contribution in [-0.2, 0) is 9.47 Å². The topological polar surface area (TPSA) is 183 Å². The summed E-state index contributed by atoms with van der Waals surface area (Å²) in [6.07, 6.45) is -10.5. The lowest BCUT2D eigenvalue weighted by Gasteiger charge is -2.40. The maximum atomic E-state index is 11.0. The Morgan fingerprint density at radius 3 is 2.28 bits per heavy atom. The van der Waals surface area contributed by atoms with Gasteiger partial charge in [0, 0.05) is 0 Å². The molecule has 1 aliphatic heterocycles. The van der Waals surface area contributed by atoms with Crippen LogP contribution in [0.3, 0.4) is 0 Å². The van der Waals surface area contributed by atoms with Crippen LogP contribution in [0.25, 0.3) is 27.9 Å². The first-order chi connectivity index (χ1) is 17.4. The van der Waals surface area contributed by atoms with Crippen molar-refractivity contribution in [3.8, 4) is 5.69 Å². The monoisotopic (exact) mass is 498 g/mol. The predicted octanol–water partition coefficient (Wildman–Crippen LogP) is -0.821. The van der Waals surface area contributed by atoms with Crippen molar-refractivity contribution < 1.29 is 40.1 Å². The highest BCUT2D eigenvalue weighted by molar-refractivity contribution is 5.86. The summed E-state index contributed by atoms with van der Waals surface area (Å²) in [4.78, 5) is 9.28. The number of hydrogen-bond donors (Lipinski definition) is 6. The van der Waals surface area contributed by atoms with Gasteiger partial charge in [-0.15, -0.1) is 0 Å². The number of aliphatic hydroxyl groups is 6. The summed E-state index contributed by atoms with van der Waals surface area (Å²) in [5.41, 5.74) is 2.61. The third-order valence-electron chi connectivity index (χ3n) is 6.15. The highest BCUT2D eigenvalue weighted by atomic mass is 16.7. The van der Waals surface area contributed by atoms with E-state index in [0.29, 0.717) is 22.4 Å². The molecule has 2 aromatic heterocycles. The fraction of sp³-hybridized carbons (Fsp3) is 0.375. The van der Waals surface area contributed by atoms with Crippen molar-refractivity contribution in [2.75, 3.05) is 13.2 Å². The zero-order chi connectivity index (χ0) is 25.4. The zero-order valence-corrected chi connectivity index (χ0v) is 18.9. The Kier molecular flexibility index (Phi) is 6.92. The second-order valence-corrected chi connectivity index (χ2v) is 8.56. The Morgan fingerprint density at radius 2 is 1.58 bits per heavy atom. The number of fused-ring (bicyclic) bond motifs is 2. The van der Waals surface area contributed by atoms with E-state index in [9.17, 15) is 30.6 Å². The first kappa shape index (κ1) is 24.6. The molecule has 190 valence electrons. The van der Waals surface area contributed by atoms with Gasteiger partial charge in [0.2, 0.25) is 0 Å². The summed E-state index contributed by atoms with van der Waals surface area (Å²) in [6, 6.07) is 16.4. The summed E-state index contributed by atoms with van der Waals surface area (Å²) in [5, 5.41) is 65.8. The van der Waals surface area contributed by atoms with Gasteiger partial charge in [-0.3, -0.25) is 0 Å². The molecule has 0 bridgehead atoms. The Bertz CT molecular complexity index is 1340. The molecule has 0 saturated carbocycles. The normalized spacial score (nSPS) is 26.3. The molecule has 1 aliphatic rings. The zero-order valence-electron chi connectivity index (χ0n) is 18.9. The van der Waals surface area contributed by atoms with Crippen LogP contribution in [0.4, 0.5) is 0 Å². The van der Waals surface area contributed by atoms with E-state index in [2.05, 4.69) is 15.1 Å². The number of hydrogen-bond acceptors (Lipinski definition) is 11. The molecule has 36 heavy (non-hydrogen) atoms. The SMILES string of the molecule is OC[C@H]1O[C@H](O)[C@H](OCC(O)C(O)c2nn(-c3ccccc3)c3nc4ccccc4nc23)[C@@H](O)[C@@H]1O. The van der Waals surface area contributed by atoms with Gasteiger partial charge >= 0.3 is 0 Å². The summed E-state index contributed by atoms with van der Waals surface area (Å²) in [5.74, 6) is 0.